The Bertz CT molecular complexity index is 1530. The monoisotopic (exact) mass is 530 g/mol. The molecule has 1 heterocycles. The van der Waals surface area contributed by atoms with Crippen LogP contribution in [0.15, 0.2) is 60.7 Å². The van der Waals surface area contributed by atoms with Crippen LogP contribution in [-0.4, -0.2) is 32.8 Å². The Morgan fingerprint density at radius 2 is 1.68 bits per heavy atom. The number of amides is 2. The summed E-state index contributed by atoms with van der Waals surface area (Å²) in [6.07, 6.45) is 3.27. The number of halogens is 3. The van der Waals surface area contributed by atoms with Gasteiger partial charge < -0.3 is 14.4 Å². The highest BCUT2D eigenvalue weighted by atomic mass is 32.2. The van der Waals surface area contributed by atoms with Gasteiger partial charge >= 0.3 is 15.6 Å². The molecule has 3 aromatic rings. The number of hydrogen-bond donors (Lipinski definition) is 1. The summed E-state index contributed by atoms with van der Waals surface area (Å²) in [7, 11) is -4.30. The Hall–Kier alpha value is -4.12. The third-order valence-corrected chi connectivity index (χ3v) is 6.76. The van der Waals surface area contributed by atoms with E-state index in [1.807, 2.05) is 24.3 Å². The minimum absolute atomic E-state index is 0.124. The first-order valence-corrected chi connectivity index (χ1v) is 12.4. The van der Waals surface area contributed by atoms with Gasteiger partial charge in [0.15, 0.2) is 0 Å². The van der Waals surface area contributed by atoms with Crippen molar-refractivity contribution in [2.45, 2.75) is 19.0 Å². The van der Waals surface area contributed by atoms with Gasteiger partial charge in [-0.25, -0.2) is 0 Å². The van der Waals surface area contributed by atoms with Crippen LogP contribution in [-0.2, 0) is 21.5 Å². The third kappa shape index (κ3) is 5.21. The van der Waals surface area contributed by atoms with E-state index in [-0.39, 0.29) is 18.4 Å². The highest BCUT2D eigenvalue weighted by molar-refractivity contribution is 7.88. The summed E-state index contributed by atoms with van der Waals surface area (Å²) < 4.78 is 65.4. The molecule has 37 heavy (non-hydrogen) atoms. The van der Waals surface area contributed by atoms with Crippen molar-refractivity contribution >= 4 is 39.8 Å². The molecular weight excluding hydrogens is 509 g/mol. The first-order chi connectivity index (χ1) is 17.4. The number of benzene rings is 3. The maximum atomic E-state index is 12.8. The number of rotatable bonds is 4. The van der Waals surface area contributed by atoms with Gasteiger partial charge in [0.25, 0.3) is 5.91 Å². The van der Waals surface area contributed by atoms with Crippen molar-refractivity contribution in [3.8, 4) is 16.9 Å². The predicted molar refractivity (Wildman–Crippen MR) is 133 cm³/mol. The Kier molecular flexibility index (Phi) is 6.83. The van der Waals surface area contributed by atoms with Gasteiger partial charge in [-0.15, -0.1) is 0 Å². The van der Waals surface area contributed by atoms with Crippen LogP contribution in [0, 0.1) is 0 Å². The number of anilines is 1. The Balaban J connectivity index is 1.78. The molecule has 0 radical (unpaired) electrons. The van der Waals surface area contributed by atoms with Crippen molar-refractivity contribution in [1.82, 2.24) is 5.32 Å². The van der Waals surface area contributed by atoms with Crippen LogP contribution < -0.4 is 14.4 Å². The van der Waals surface area contributed by atoms with Crippen LogP contribution in [0.5, 0.6) is 5.75 Å². The molecule has 0 spiro atoms. The number of alkyl halides is 3. The molecule has 2 amide bonds. The molecule has 3 aromatic carbocycles. The number of nitrogens with zero attached hydrogens (tertiary/aromatic N) is 1. The lowest BCUT2D eigenvalue weighted by Crippen LogP contribution is -2.30. The predicted octanol–water partition coefficient (Wildman–Crippen LogP) is 4.98. The fourth-order valence-electron chi connectivity index (χ4n) is 3.99. The first kappa shape index (κ1) is 26.0. The minimum atomic E-state index is -5.85. The highest BCUT2D eigenvalue weighted by Crippen LogP contribution is 2.35. The maximum Gasteiger partial charge on any atom is 0.534 e. The van der Waals surface area contributed by atoms with Gasteiger partial charge in [0.2, 0.25) is 5.91 Å². The molecule has 192 valence electrons. The number of carbonyl (C=O) groups is 2. The Labute approximate surface area is 211 Å². The second-order valence-corrected chi connectivity index (χ2v) is 9.72. The van der Waals surface area contributed by atoms with Crippen molar-refractivity contribution in [1.29, 1.82) is 0 Å². The molecule has 0 aliphatic carbocycles. The van der Waals surface area contributed by atoms with E-state index in [1.165, 1.54) is 17.9 Å². The van der Waals surface area contributed by atoms with Gasteiger partial charge in [0, 0.05) is 25.1 Å². The molecule has 1 aliphatic heterocycles. The normalized spacial score (nSPS) is 14.0. The summed E-state index contributed by atoms with van der Waals surface area (Å²) in [6, 6.07) is 16.1. The quantitative estimate of drug-likeness (QED) is 0.380. The van der Waals surface area contributed by atoms with Crippen LogP contribution in [0.3, 0.4) is 0 Å². The van der Waals surface area contributed by atoms with E-state index in [9.17, 15) is 31.2 Å². The van der Waals surface area contributed by atoms with Crippen molar-refractivity contribution in [3.05, 3.63) is 82.9 Å². The molecule has 4 rings (SSSR count). The minimum Gasteiger partial charge on any atom is -0.376 e. The largest absolute Gasteiger partial charge is 0.534 e. The summed E-state index contributed by atoms with van der Waals surface area (Å²) >= 11 is 0. The Morgan fingerprint density at radius 1 is 0.973 bits per heavy atom. The van der Waals surface area contributed by atoms with Gasteiger partial charge in [0.1, 0.15) is 5.75 Å². The Morgan fingerprint density at radius 3 is 2.35 bits per heavy atom. The van der Waals surface area contributed by atoms with E-state index in [0.29, 0.717) is 22.4 Å². The standard InChI is InChI=1S/C26H21F3N2O5S/c1-16(32)31-15-20-13-18(22-5-3-4-6-23(22)25(33)30-2)9-7-17(20)8-10-19-14-21(11-12-24(19)31)36-37(34,35)26(27,28)29/h3-14H,15H2,1-2H3,(H,30,33)/b10-8-. The average molecular weight is 531 g/mol. The van der Waals surface area contributed by atoms with Gasteiger partial charge in [-0.05, 0) is 52.6 Å². The van der Waals surface area contributed by atoms with Crippen LogP contribution in [0.2, 0.25) is 0 Å². The van der Waals surface area contributed by atoms with Crippen molar-refractivity contribution in [2.24, 2.45) is 0 Å². The molecule has 0 unspecified atom stereocenters. The summed E-state index contributed by atoms with van der Waals surface area (Å²) in [4.78, 5) is 26.4. The lowest BCUT2D eigenvalue weighted by molar-refractivity contribution is -0.116. The molecule has 1 N–H and O–H groups in total. The molecule has 0 atom stereocenters. The van der Waals surface area contributed by atoms with Crippen molar-refractivity contribution < 1.29 is 35.4 Å². The average Bonchev–Trinajstić information content (AvgIpc) is 2.84. The number of hydrogen-bond acceptors (Lipinski definition) is 5. The van der Waals surface area contributed by atoms with E-state index in [2.05, 4.69) is 9.50 Å². The molecule has 11 heteroatoms. The van der Waals surface area contributed by atoms with E-state index in [4.69, 9.17) is 0 Å². The van der Waals surface area contributed by atoms with Gasteiger partial charge in [-0.3, -0.25) is 9.59 Å². The smallest absolute Gasteiger partial charge is 0.376 e. The maximum absolute atomic E-state index is 12.8. The van der Waals surface area contributed by atoms with E-state index in [1.54, 1.807) is 37.4 Å². The molecule has 7 nitrogen and oxygen atoms in total. The third-order valence-electron chi connectivity index (χ3n) is 5.78. The van der Waals surface area contributed by atoms with E-state index in [0.717, 1.165) is 28.8 Å². The van der Waals surface area contributed by atoms with Crippen LogP contribution >= 0.6 is 0 Å². The van der Waals surface area contributed by atoms with Gasteiger partial charge in [0.05, 0.1) is 12.2 Å². The molecule has 0 aromatic heterocycles. The summed E-state index contributed by atoms with van der Waals surface area (Å²) in [5, 5.41) is 2.62. The molecule has 1 aliphatic rings. The molecule has 0 saturated carbocycles. The summed E-state index contributed by atoms with van der Waals surface area (Å²) in [5.41, 5.74) is -1.47. The fourth-order valence-corrected chi connectivity index (χ4v) is 4.45. The molecule has 0 saturated heterocycles. The second-order valence-electron chi connectivity index (χ2n) is 8.18. The molecular formula is C26H21F3N2O5S. The van der Waals surface area contributed by atoms with Crippen LogP contribution in [0.25, 0.3) is 23.3 Å². The zero-order chi connectivity index (χ0) is 27.0. The van der Waals surface area contributed by atoms with Gasteiger partial charge in [-0.2, -0.15) is 21.6 Å². The topological polar surface area (TPSA) is 92.8 Å². The van der Waals surface area contributed by atoms with Crippen LogP contribution in [0.4, 0.5) is 18.9 Å². The zero-order valence-electron chi connectivity index (χ0n) is 19.7. The van der Waals surface area contributed by atoms with E-state index >= 15 is 0 Å². The summed E-state index contributed by atoms with van der Waals surface area (Å²) in [6.45, 7) is 1.47. The number of fused-ring (bicyclic) bond motifs is 2. The van der Waals surface area contributed by atoms with E-state index < -0.39 is 21.4 Å². The number of carbonyl (C=O) groups excluding carboxylic acids is 2. The summed E-state index contributed by atoms with van der Waals surface area (Å²) in [5.74, 6) is -1.12. The highest BCUT2D eigenvalue weighted by Gasteiger charge is 2.48. The molecule has 0 fully saturated rings. The lowest BCUT2D eigenvalue weighted by atomic mass is 9.93. The fraction of sp³-hybridized carbons (Fsp3) is 0.154. The van der Waals surface area contributed by atoms with Gasteiger partial charge in [-0.1, -0.05) is 42.5 Å². The van der Waals surface area contributed by atoms with Crippen molar-refractivity contribution in [3.63, 3.8) is 0 Å². The number of nitrogens with one attached hydrogen (secondary N) is 1. The lowest BCUT2D eigenvalue weighted by Gasteiger charge is -2.26. The van der Waals surface area contributed by atoms with Crippen molar-refractivity contribution in [2.75, 3.05) is 11.9 Å². The van der Waals surface area contributed by atoms with Crippen LogP contribution in [0.1, 0.15) is 34.0 Å². The SMILES string of the molecule is CNC(=O)c1ccccc1-c1ccc2c(c1)CN(C(C)=O)c1ccc(OS(=O)(=O)C(F)(F)F)cc1/C=C\2. The molecule has 0 bridgehead atoms. The first-order valence-electron chi connectivity index (χ1n) is 11.0. The zero-order valence-corrected chi connectivity index (χ0v) is 20.5. The second kappa shape index (κ2) is 9.74.